The highest BCUT2D eigenvalue weighted by Gasteiger charge is 2.37. The van der Waals surface area contributed by atoms with E-state index in [4.69, 9.17) is 4.42 Å². The van der Waals surface area contributed by atoms with Crippen molar-refractivity contribution < 1.29 is 18.4 Å². The minimum absolute atomic E-state index is 0.0588. The molecule has 6 heteroatoms. The Bertz CT molecular complexity index is 834. The second-order valence-corrected chi connectivity index (χ2v) is 8.26. The van der Waals surface area contributed by atoms with Crippen molar-refractivity contribution in [2.24, 2.45) is 5.92 Å². The Hall–Kier alpha value is -2.63. The first-order valence-electron chi connectivity index (χ1n) is 10.4. The smallest absolute Gasteiger partial charge is 0.289 e. The minimum Gasteiger partial charge on any atom is -0.459 e. The van der Waals surface area contributed by atoms with Crippen LogP contribution >= 0.6 is 0 Å². The number of likely N-dealkylation sites (tertiary alicyclic amines) is 1. The number of nitrogens with one attached hydrogen (secondary N) is 1. The lowest BCUT2D eigenvalue weighted by atomic mass is 9.78. The molecule has 1 aromatic carbocycles. The number of nitrogens with zero attached hydrogens (tertiary/aromatic N) is 1. The number of piperidine rings is 1. The van der Waals surface area contributed by atoms with Crippen molar-refractivity contribution in [2.75, 3.05) is 19.6 Å². The Balaban J connectivity index is 1.32. The van der Waals surface area contributed by atoms with Crippen molar-refractivity contribution in [3.63, 3.8) is 0 Å². The zero-order chi connectivity index (χ0) is 20.3. The van der Waals surface area contributed by atoms with Crippen molar-refractivity contribution in [3.8, 4) is 0 Å². The number of furan rings is 1. The van der Waals surface area contributed by atoms with Crippen LogP contribution < -0.4 is 5.32 Å². The molecule has 29 heavy (non-hydrogen) atoms. The van der Waals surface area contributed by atoms with E-state index in [9.17, 15) is 14.0 Å². The third-order valence-electron chi connectivity index (χ3n) is 6.50. The zero-order valence-corrected chi connectivity index (χ0v) is 16.5. The molecule has 0 spiro atoms. The number of rotatable bonds is 5. The van der Waals surface area contributed by atoms with Crippen LogP contribution in [-0.4, -0.2) is 36.3 Å². The van der Waals surface area contributed by atoms with Gasteiger partial charge in [0.1, 0.15) is 5.82 Å². The summed E-state index contributed by atoms with van der Waals surface area (Å²) in [4.78, 5) is 26.9. The monoisotopic (exact) mass is 398 g/mol. The van der Waals surface area contributed by atoms with E-state index in [1.807, 2.05) is 12.1 Å². The van der Waals surface area contributed by atoms with Crippen LogP contribution in [0.15, 0.2) is 47.1 Å². The van der Waals surface area contributed by atoms with Crippen molar-refractivity contribution in [3.05, 3.63) is 59.8 Å². The summed E-state index contributed by atoms with van der Waals surface area (Å²) in [6.45, 7) is 1.70. The Morgan fingerprint density at radius 2 is 1.79 bits per heavy atom. The van der Waals surface area contributed by atoms with E-state index in [0.29, 0.717) is 38.2 Å². The number of carbonyl (C=O) groups is 2. The molecule has 2 aliphatic rings. The van der Waals surface area contributed by atoms with Crippen LogP contribution in [0.1, 0.15) is 54.6 Å². The minimum atomic E-state index is -0.234. The topological polar surface area (TPSA) is 62.6 Å². The van der Waals surface area contributed by atoms with Crippen LogP contribution in [0.2, 0.25) is 0 Å². The largest absolute Gasteiger partial charge is 0.459 e. The highest BCUT2D eigenvalue weighted by molar-refractivity contribution is 5.91. The Morgan fingerprint density at radius 1 is 1.10 bits per heavy atom. The van der Waals surface area contributed by atoms with E-state index in [2.05, 4.69) is 5.32 Å². The lowest BCUT2D eigenvalue weighted by molar-refractivity contribution is -0.126. The van der Waals surface area contributed by atoms with Gasteiger partial charge in [0.2, 0.25) is 5.91 Å². The fourth-order valence-electron chi connectivity index (χ4n) is 4.72. The van der Waals surface area contributed by atoms with Gasteiger partial charge in [-0.3, -0.25) is 9.59 Å². The molecule has 0 unspecified atom stereocenters. The average molecular weight is 398 g/mol. The number of amides is 2. The summed E-state index contributed by atoms with van der Waals surface area (Å²) in [5.74, 6) is -0.0296. The number of hydrogen-bond donors (Lipinski definition) is 1. The molecule has 2 fully saturated rings. The Morgan fingerprint density at radius 3 is 2.41 bits per heavy atom. The van der Waals surface area contributed by atoms with Gasteiger partial charge in [0.15, 0.2) is 5.76 Å². The first-order chi connectivity index (χ1) is 14.1. The van der Waals surface area contributed by atoms with Crippen LogP contribution in [0.3, 0.4) is 0 Å². The second-order valence-electron chi connectivity index (χ2n) is 8.26. The summed E-state index contributed by atoms with van der Waals surface area (Å²) in [5.41, 5.74) is 1.01. The maximum atomic E-state index is 13.3. The molecule has 1 saturated heterocycles. The fraction of sp³-hybridized carbons (Fsp3) is 0.478. The number of hydrogen-bond acceptors (Lipinski definition) is 3. The molecule has 154 valence electrons. The summed E-state index contributed by atoms with van der Waals surface area (Å²) in [5, 5.41) is 3.17. The fourth-order valence-corrected chi connectivity index (χ4v) is 4.72. The molecule has 0 radical (unpaired) electrons. The predicted octanol–water partition coefficient (Wildman–Crippen LogP) is 3.90. The van der Waals surface area contributed by atoms with Gasteiger partial charge in [0.05, 0.1) is 6.26 Å². The summed E-state index contributed by atoms with van der Waals surface area (Å²) < 4.78 is 18.5. The zero-order valence-electron chi connectivity index (χ0n) is 16.5. The van der Waals surface area contributed by atoms with Crippen LogP contribution in [0, 0.1) is 11.7 Å². The molecule has 5 nitrogen and oxygen atoms in total. The van der Waals surface area contributed by atoms with Gasteiger partial charge in [-0.25, -0.2) is 4.39 Å². The van der Waals surface area contributed by atoms with Gasteiger partial charge in [-0.1, -0.05) is 25.0 Å². The van der Waals surface area contributed by atoms with Gasteiger partial charge in [-0.05, 0) is 55.5 Å². The average Bonchev–Trinajstić information content (AvgIpc) is 3.45. The Labute approximate surface area is 170 Å². The molecule has 2 heterocycles. The molecule has 1 aromatic heterocycles. The molecule has 1 aliphatic carbocycles. The van der Waals surface area contributed by atoms with Gasteiger partial charge in [-0.15, -0.1) is 0 Å². The number of carbonyl (C=O) groups excluding carboxylic acids is 2. The molecule has 1 N–H and O–H groups in total. The van der Waals surface area contributed by atoms with Crippen molar-refractivity contribution in [1.82, 2.24) is 10.2 Å². The SMILES string of the molecule is O=C(NCC1(c2ccc(F)cc2)CCCC1)C1CCN(C(=O)c2ccco2)CC1. The first-order valence-corrected chi connectivity index (χ1v) is 10.4. The van der Waals surface area contributed by atoms with Crippen molar-refractivity contribution >= 4 is 11.8 Å². The van der Waals surface area contributed by atoms with Gasteiger partial charge < -0.3 is 14.6 Å². The van der Waals surface area contributed by atoms with Crippen molar-refractivity contribution in [2.45, 2.75) is 43.9 Å². The van der Waals surface area contributed by atoms with E-state index < -0.39 is 0 Å². The summed E-state index contributed by atoms with van der Waals surface area (Å²) in [7, 11) is 0. The van der Waals surface area contributed by atoms with E-state index in [0.717, 1.165) is 31.2 Å². The van der Waals surface area contributed by atoms with Crippen LogP contribution in [0.25, 0.3) is 0 Å². The van der Waals surface area contributed by atoms with Crippen LogP contribution in [-0.2, 0) is 10.2 Å². The molecule has 0 atom stereocenters. The molecule has 4 rings (SSSR count). The maximum Gasteiger partial charge on any atom is 0.289 e. The molecular weight excluding hydrogens is 371 g/mol. The molecule has 2 amide bonds. The third kappa shape index (κ3) is 4.21. The molecular formula is C23H27FN2O3. The second kappa shape index (κ2) is 8.39. The van der Waals surface area contributed by atoms with Crippen LogP contribution in [0.4, 0.5) is 4.39 Å². The van der Waals surface area contributed by atoms with Gasteiger partial charge in [0, 0.05) is 31.0 Å². The number of benzene rings is 1. The highest BCUT2D eigenvalue weighted by atomic mass is 19.1. The van der Waals surface area contributed by atoms with E-state index in [1.54, 1.807) is 17.0 Å². The normalized spacial score (nSPS) is 19.3. The molecule has 2 aromatic rings. The van der Waals surface area contributed by atoms with Crippen molar-refractivity contribution in [1.29, 1.82) is 0 Å². The maximum absolute atomic E-state index is 13.3. The van der Waals surface area contributed by atoms with Gasteiger partial charge >= 0.3 is 0 Å². The summed E-state index contributed by atoms with van der Waals surface area (Å²) >= 11 is 0. The quantitative estimate of drug-likeness (QED) is 0.831. The molecule has 1 saturated carbocycles. The Kier molecular flexibility index (Phi) is 5.69. The molecule has 1 aliphatic heterocycles. The van der Waals surface area contributed by atoms with Gasteiger partial charge in [-0.2, -0.15) is 0 Å². The van der Waals surface area contributed by atoms with E-state index in [1.165, 1.54) is 18.4 Å². The summed E-state index contributed by atoms with van der Waals surface area (Å²) in [6, 6.07) is 10.1. The first kappa shape index (κ1) is 19.7. The number of halogens is 1. The lowest BCUT2D eigenvalue weighted by Crippen LogP contribution is -2.46. The predicted molar refractivity (Wildman–Crippen MR) is 107 cm³/mol. The van der Waals surface area contributed by atoms with E-state index >= 15 is 0 Å². The van der Waals surface area contributed by atoms with Gasteiger partial charge in [0.25, 0.3) is 5.91 Å². The third-order valence-corrected chi connectivity index (χ3v) is 6.50. The lowest BCUT2D eigenvalue weighted by Gasteiger charge is -2.33. The highest BCUT2D eigenvalue weighted by Crippen LogP contribution is 2.40. The van der Waals surface area contributed by atoms with E-state index in [-0.39, 0.29) is 29.0 Å². The summed E-state index contributed by atoms with van der Waals surface area (Å²) in [6.07, 6.45) is 7.07. The van der Waals surface area contributed by atoms with Crippen LogP contribution in [0.5, 0.6) is 0 Å². The molecule has 0 bridgehead atoms. The standard InChI is InChI=1S/C23H27FN2O3/c24-19-7-5-18(6-8-19)23(11-1-2-12-23)16-25-21(27)17-9-13-26(14-10-17)22(28)20-4-3-15-29-20/h3-8,15,17H,1-2,9-14,16H2,(H,25,27).